The highest BCUT2D eigenvalue weighted by Crippen LogP contribution is 2.24. The van der Waals surface area contributed by atoms with Gasteiger partial charge in [0.25, 0.3) is 11.2 Å². The summed E-state index contributed by atoms with van der Waals surface area (Å²) in [5.41, 5.74) is 1.11. The lowest BCUT2D eigenvalue weighted by Crippen LogP contribution is -2.20. The molecule has 0 fully saturated rings. The fraction of sp³-hybridized carbons (Fsp3) is 0.0625. The molecule has 0 unspecified atom stereocenters. The topological polar surface area (TPSA) is 65.1 Å². The molecule has 0 spiro atoms. The fourth-order valence-electron chi connectivity index (χ4n) is 2.39. The van der Waals surface area contributed by atoms with E-state index < -0.39 is 4.92 Å². The molecule has 0 atom stereocenters. The van der Waals surface area contributed by atoms with Gasteiger partial charge in [-0.3, -0.25) is 14.9 Å². The Kier molecular flexibility index (Phi) is 4.07. The quantitative estimate of drug-likeness (QED) is 0.524. The van der Waals surface area contributed by atoms with Crippen molar-refractivity contribution in [1.82, 2.24) is 4.57 Å². The monoisotopic (exact) mass is 348 g/mol. The van der Waals surface area contributed by atoms with E-state index in [0.717, 1.165) is 5.56 Å². The van der Waals surface area contributed by atoms with Crippen molar-refractivity contribution in [3.8, 4) is 0 Å². The smallest absolute Gasteiger partial charge is 0.270 e. The second-order valence-corrected chi connectivity index (χ2v) is 5.84. The van der Waals surface area contributed by atoms with Crippen LogP contribution in [0.4, 0.5) is 5.69 Å². The van der Waals surface area contributed by atoms with Crippen LogP contribution >= 0.6 is 23.2 Å². The molecule has 3 rings (SSSR count). The van der Waals surface area contributed by atoms with Gasteiger partial charge >= 0.3 is 0 Å². The number of benzene rings is 2. The molecule has 0 N–H and O–H groups in total. The summed E-state index contributed by atoms with van der Waals surface area (Å²) in [7, 11) is 0. The first kappa shape index (κ1) is 15.5. The molecule has 2 aromatic carbocycles. The van der Waals surface area contributed by atoms with Crippen molar-refractivity contribution in [2.45, 2.75) is 6.54 Å². The van der Waals surface area contributed by atoms with Gasteiger partial charge in [-0.05, 0) is 29.8 Å². The van der Waals surface area contributed by atoms with Gasteiger partial charge in [-0.25, -0.2) is 0 Å². The number of fused-ring (bicyclic) bond motifs is 1. The molecule has 5 nitrogen and oxygen atoms in total. The first-order valence-electron chi connectivity index (χ1n) is 6.67. The number of nitro groups is 1. The minimum Gasteiger partial charge on any atom is -0.304 e. The largest absolute Gasteiger partial charge is 0.304 e. The molecule has 0 amide bonds. The Hall–Kier alpha value is -2.37. The van der Waals surface area contributed by atoms with Gasteiger partial charge in [-0.2, -0.15) is 0 Å². The predicted octanol–water partition coefficient (Wildman–Crippen LogP) is 4.26. The predicted molar refractivity (Wildman–Crippen MR) is 90.4 cm³/mol. The Bertz CT molecular complexity index is 983. The molecule has 1 aromatic heterocycles. The van der Waals surface area contributed by atoms with Crippen LogP contribution < -0.4 is 5.56 Å². The lowest BCUT2D eigenvalue weighted by Gasteiger charge is -2.11. The maximum absolute atomic E-state index is 12.2. The molecule has 1 heterocycles. The van der Waals surface area contributed by atoms with E-state index in [0.29, 0.717) is 20.9 Å². The Morgan fingerprint density at radius 2 is 1.83 bits per heavy atom. The van der Waals surface area contributed by atoms with Gasteiger partial charge < -0.3 is 4.57 Å². The molecular formula is C16H10Cl2N2O3. The van der Waals surface area contributed by atoms with Gasteiger partial charge in [-0.15, -0.1) is 0 Å². The zero-order valence-corrected chi connectivity index (χ0v) is 13.2. The first-order chi connectivity index (χ1) is 11.0. The van der Waals surface area contributed by atoms with Gasteiger partial charge in [0, 0.05) is 33.6 Å². The van der Waals surface area contributed by atoms with E-state index in [1.54, 1.807) is 30.3 Å². The molecule has 0 aliphatic rings. The summed E-state index contributed by atoms with van der Waals surface area (Å²) in [5, 5.41) is 12.5. The number of halogens is 2. The van der Waals surface area contributed by atoms with Crippen LogP contribution in [0.3, 0.4) is 0 Å². The van der Waals surface area contributed by atoms with Crippen LogP contribution in [0.25, 0.3) is 10.9 Å². The SMILES string of the molecule is O=c1ccc2cc([N+](=O)[O-])ccc2n1Cc1ccc(Cl)cc1Cl. The van der Waals surface area contributed by atoms with Gasteiger partial charge in [0.1, 0.15) is 0 Å². The Balaban J connectivity index is 2.14. The van der Waals surface area contributed by atoms with E-state index in [-0.39, 0.29) is 17.8 Å². The third-order valence-corrected chi connectivity index (χ3v) is 4.11. The van der Waals surface area contributed by atoms with Crippen LogP contribution in [0.5, 0.6) is 0 Å². The van der Waals surface area contributed by atoms with Crippen molar-refractivity contribution < 1.29 is 4.92 Å². The van der Waals surface area contributed by atoms with E-state index in [4.69, 9.17) is 23.2 Å². The number of aromatic nitrogens is 1. The van der Waals surface area contributed by atoms with Crippen LogP contribution in [-0.4, -0.2) is 9.49 Å². The van der Waals surface area contributed by atoms with Crippen molar-refractivity contribution in [1.29, 1.82) is 0 Å². The van der Waals surface area contributed by atoms with Crippen LogP contribution in [0, 0.1) is 10.1 Å². The number of hydrogen-bond donors (Lipinski definition) is 0. The summed E-state index contributed by atoms with van der Waals surface area (Å²) in [4.78, 5) is 22.6. The minimum atomic E-state index is -0.467. The Morgan fingerprint density at radius 3 is 2.52 bits per heavy atom. The molecule has 0 aliphatic heterocycles. The Morgan fingerprint density at radius 1 is 1.04 bits per heavy atom. The summed E-state index contributed by atoms with van der Waals surface area (Å²) in [6, 6.07) is 12.4. The zero-order valence-electron chi connectivity index (χ0n) is 11.7. The minimum absolute atomic E-state index is 0.0211. The summed E-state index contributed by atoms with van der Waals surface area (Å²) in [6.07, 6.45) is 0. The molecule has 3 aromatic rings. The molecular weight excluding hydrogens is 339 g/mol. The van der Waals surface area contributed by atoms with Crippen LogP contribution in [0.15, 0.2) is 53.3 Å². The number of nitro benzene ring substituents is 1. The molecule has 23 heavy (non-hydrogen) atoms. The van der Waals surface area contributed by atoms with Gasteiger partial charge in [0.05, 0.1) is 17.0 Å². The zero-order chi connectivity index (χ0) is 16.6. The normalized spacial score (nSPS) is 10.9. The highest BCUT2D eigenvalue weighted by Gasteiger charge is 2.11. The van der Waals surface area contributed by atoms with Crippen LogP contribution in [-0.2, 0) is 6.54 Å². The summed E-state index contributed by atoms with van der Waals surface area (Å²) in [6.45, 7) is 0.254. The van der Waals surface area contributed by atoms with Gasteiger partial charge in [-0.1, -0.05) is 29.3 Å². The molecule has 0 saturated carbocycles. The number of pyridine rings is 1. The standard InChI is InChI=1S/C16H10Cl2N2O3/c17-12-3-1-11(14(18)8-12)9-19-15-5-4-13(20(22)23)7-10(15)2-6-16(19)21/h1-8H,9H2. The van der Waals surface area contributed by atoms with Crippen molar-refractivity contribution in [2.75, 3.05) is 0 Å². The second kappa shape index (κ2) is 6.02. The lowest BCUT2D eigenvalue weighted by atomic mass is 10.1. The van der Waals surface area contributed by atoms with Crippen LogP contribution in [0.1, 0.15) is 5.56 Å². The average molecular weight is 349 g/mol. The molecule has 0 saturated heterocycles. The number of non-ortho nitro benzene ring substituents is 1. The highest BCUT2D eigenvalue weighted by atomic mass is 35.5. The first-order valence-corrected chi connectivity index (χ1v) is 7.43. The summed E-state index contributed by atoms with van der Waals surface area (Å²) >= 11 is 12.0. The van der Waals surface area contributed by atoms with Crippen molar-refractivity contribution in [3.05, 3.63) is 84.6 Å². The van der Waals surface area contributed by atoms with Crippen LogP contribution in [0.2, 0.25) is 10.0 Å². The number of hydrogen-bond acceptors (Lipinski definition) is 3. The maximum atomic E-state index is 12.2. The third kappa shape index (κ3) is 3.06. The average Bonchev–Trinajstić information content (AvgIpc) is 2.51. The molecule has 116 valence electrons. The lowest BCUT2D eigenvalue weighted by molar-refractivity contribution is -0.384. The van der Waals surface area contributed by atoms with E-state index >= 15 is 0 Å². The van der Waals surface area contributed by atoms with E-state index in [1.807, 2.05) is 0 Å². The molecule has 0 radical (unpaired) electrons. The van der Waals surface area contributed by atoms with Gasteiger partial charge in [0.15, 0.2) is 0 Å². The fourth-order valence-corrected chi connectivity index (χ4v) is 2.86. The van der Waals surface area contributed by atoms with E-state index in [1.165, 1.54) is 22.8 Å². The summed E-state index contributed by atoms with van der Waals surface area (Å²) < 4.78 is 1.52. The summed E-state index contributed by atoms with van der Waals surface area (Å²) in [5.74, 6) is 0. The van der Waals surface area contributed by atoms with Crippen molar-refractivity contribution >= 4 is 39.8 Å². The molecule has 7 heteroatoms. The van der Waals surface area contributed by atoms with Crippen molar-refractivity contribution in [3.63, 3.8) is 0 Å². The maximum Gasteiger partial charge on any atom is 0.270 e. The van der Waals surface area contributed by atoms with E-state index in [9.17, 15) is 14.9 Å². The highest BCUT2D eigenvalue weighted by molar-refractivity contribution is 6.35. The number of rotatable bonds is 3. The number of nitrogens with zero attached hydrogens (tertiary/aromatic N) is 2. The third-order valence-electron chi connectivity index (χ3n) is 3.53. The van der Waals surface area contributed by atoms with Gasteiger partial charge in [0.2, 0.25) is 0 Å². The van der Waals surface area contributed by atoms with Crippen molar-refractivity contribution in [2.24, 2.45) is 0 Å². The molecule has 0 aliphatic carbocycles. The second-order valence-electron chi connectivity index (χ2n) is 4.99. The van der Waals surface area contributed by atoms with E-state index in [2.05, 4.69) is 0 Å². The molecule has 0 bridgehead atoms. The Labute approximate surface area is 140 Å².